The van der Waals surface area contributed by atoms with E-state index in [1.165, 1.54) is 17.3 Å². The zero-order chi connectivity index (χ0) is 16.2. The molecule has 2 rings (SSSR count). The average Bonchev–Trinajstić information content (AvgIpc) is 2.83. The molecule has 1 aliphatic heterocycles. The van der Waals surface area contributed by atoms with Crippen LogP contribution in [0.1, 0.15) is 25.8 Å². The molecule has 1 aromatic rings. The van der Waals surface area contributed by atoms with Gasteiger partial charge in [0.05, 0.1) is 17.3 Å². The van der Waals surface area contributed by atoms with Gasteiger partial charge in [-0.1, -0.05) is 44.2 Å². The van der Waals surface area contributed by atoms with E-state index < -0.39 is 9.84 Å². The summed E-state index contributed by atoms with van der Waals surface area (Å²) in [6.45, 7) is 4.76. The number of rotatable bonds is 6. The van der Waals surface area contributed by atoms with Crippen molar-refractivity contribution in [2.45, 2.75) is 30.9 Å². The van der Waals surface area contributed by atoms with Gasteiger partial charge in [0.2, 0.25) is 5.91 Å². The smallest absolute Gasteiger partial charge is 0.230 e. The number of hydrogen-bond donors (Lipinski definition) is 1. The van der Waals surface area contributed by atoms with Crippen molar-refractivity contribution in [2.75, 3.05) is 23.8 Å². The van der Waals surface area contributed by atoms with Gasteiger partial charge in [-0.3, -0.25) is 4.79 Å². The number of amides is 1. The van der Waals surface area contributed by atoms with Crippen LogP contribution in [0, 0.1) is 0 Å². The highest BCUT2D eigenvalue weighted by Crippen LogP contribution is 2.24. The van der Waals surface area contributed by atoms with Crippen LogP contribution < -0.4 is 5.32 Å². The lowest BCUT2D eigenvalue weighted by Gasteiger charge is -2.25. The molecule has 1 amide bonds. The molecule has 0 spiro atoms. The number of thioether (sulfide) groups is 1. The van der Waals surface area contributed by atoms with Crippen molar-refractivity contribution in [3.8, 4) is 0 Å². The SMILES string of the molecule is CC(C)(CNC(=O)CS[C@H]1CCS(=O)(=O)C1)c1ccccc1. The molecule has 1 heterocycles. The molecule has 1 saturated heterocycles. The van der Waals surface area contributed by atoms with Crippen LogP contribution >= 0.6 is 11.8 Å². The highest BCUT2D eigenvalue weighted by Gasteiger charge is 2.28. The Morgan fingerprint density at radius 1 is 1.32 bits per heavy atom. The fourth-order valence-electron chi connectivity index (χ4n) is 2.45. The fourth-order valence-corrected chi connectivity index (χ4v) is 5.92. The van der Waals surface area contributed by atoms with Crippen LogP contribution in [0.15, 0.2) is 30.3 Å². The molecule has 122 valence electrons. The lowest BCUT2D eigenvalue weighted by molar-refractivity contribution is -0.118. The second kappa shape index (κ2) is 7.04. The van der Waals surface area contributed by atoms with Crippen LogP contribution in [0.25, 0.3) is 0 Å². The molecule has 0 aliphatic carbocycles. The van der Waals surface area contributed by atoms with Gasteiger partial charge < -0.3 is 5.32 Å². The quantitative estimate of drug-likeness (QED) is 0.860. The molecule has 1 fully saturated rings. The molecule has 0 bridgehead atoms. The summed E-state index contributed by atoms with van der Waals surface area (Å²) >= 11 is 1.45. The Bertz CT molecular complexity index is 612. The van der Waals surface area contributed by atoms with Crippen LogP contribution in [-0.4, -0.2) is 43.4 Å². The third-order valence-electron chi connectivity index (χ3n) is 3.92. The normalized spacial score (nSPS) is 20.7. The van der Waals surface area contributed by atoms with Crippen molar-refractivity contribution in [2.24, 2.45) is 0 Å². The summed E-state index contributed by atoms with van der Waals surface area (Å²) in [7, 11) is -2.87. The summed E-state index contributed by atoms with van der Waals surface area (Å²) in [4.78, 5) is 12.0. The van der Waals surface area contributed by atoms with Crippen molar-refractivity contribution in [3.05, 3.63) is 35.9 Å². The summed E-state index contributed by atoms with van der Waals surface area (Å²) in [5.41, 5.74) is 1.06. The Kier molecular flexibility index (Phi) is 5.55. The van der Waals surface area contributed by atoms with Crippen LogP contribution in [0.3, 0.4) is 0 Å². The first-order valence-corrected chi connectivity index (χ1v) is 10.3. The Labute approximate surface area is 137 Å². The maximum atomic E-state index is 12.0. The largest absolute Gasteiger partial charge is 0.355 e. The lowest BCUT2D eigenvalue weighted by Crippen LogP contribution is -2.37. The summed E-state index contributed by atoms with van der Waals surface area (Å²) in [6, 6.07) is 10.1. The van der Waals surface area contributed by atoms with Gasteiger partial charge in [0.15, 0.2) is 9.84 Å². The minimum Gasteiger partial charge on any atom is -0.355 e. The maximum Gasteiger partial charge on any atom is 0.230 e. The molecule has 0 saturated carbocycles. The molecule has 22 heavy (non-hydrogen) atoms. The molecule has 0 unspecified atom stereocenters. The Morgan fingerprint density at radius 3 is 2.59 bits per heavy atom. The molecule has 1 N–H and O–H groups in total. The predicted octanol–water partition coefficient (Wildman–Crippen LogP) is 2.00. The van der Waals surface area contributed by atoms with Crippen LogP contribution in [0.4, 0.5) is 0 Å². The summed E-state index contributed by atoms with van der Waals surface area (Å²) in [6.07, 6.45) is 0.662. The number of sulfone groups is 1. The van der Waals surface area contributed by atoms with Gasteiger partial charge in [0.25, 0.3) is 0 Å². The number of benzene rings is 1. The van der Waals surface area contributed by atoms with E-state index in [-0.39, 0.29) is 28.1 Å². The Morgan fingerprint density at radius 2 is 2.00 bits per heavy atom. The van der Waals surface area contributed by atoms with E-state index >= 15 is 0 Å². The molecule has 1 aromatic carbocycles. The van der Waals surface area contributed by atoms with E-state index in [1.54, 1.807) is 0 Å². The predicted molar refractivity (Wildman–Crippen MR) is 92.0 cm³/mol. The van der Waals surface area contributed by atoms with Crippen molar-refractivity contribution in [3.63, 3.8) is 0 Å². The molecule has 0 radical (unpaired) electrons. The van der Waals surface area contributed by atoms with Crippen LogP contribution in [0.2, 0.25) is 0 Å². The summed E-state index contributed by atoms with van der Waals surface area (Å²) in [5, 5.41) is 3.02. The summed E-state index contributed by atoms with van der Waals surface area (Å²) in [5.74, 6) is 0.761. The number of nitrogens with one attached hydrogen (secondary N) is 1. The first-order valence-electron chi connectivity index (χ1n) is 7.43. The van der Waals surface area contributed by atoms with Gasteiger partial charge in [-0.15, -0.1) is 11.8 Å². The molecule has 1 atom stereocenters. The van der Waals surface area contributed by atoms with Gasteiger partial charge in [-0.05, 0) is 12.0 Å². The van der Waals surface area contributed by atoms with Crippen molar-refractivity contribution < 1.29 is 13.2 Å². The molecular weight excluding hydrogens is 318 g/mol. The van der Waals surface area contributed by atoms with Gasteiger partial charge in [-0.2, -0.15) is 0 Å². The monoisotopic (exact) mass is 341 g/mol. The first kappa shape index (κ1) is 17.3. The molecule has 0 aromatic heterocycles. The fraction of sp³-hybridized carbons (Fsp3) is 0.562. The minimum absolute atomic E-state index is 0.0293. The van der Waals surface area contributed by atoms with Crippen LogP contribution in [-0.2, 0) is 20.0 Å². The first-order chi connectivity index (χ1) is 10.3. The highest BCUT2D eigenvalue weighted by molar-refractivity contribution is 8.02. The zero-order valence-corrected chi connectivity index (χ0v) is 14.7. The highest BCUT2D eigenvalue weighted by atomic mass is 32.2. The number of hydrogen-bond acceptors (Lipinski definition) is 4. The van der Waals surface area contributed by atoms with E-state index in [1.807, 2.05) is 18.2 Å². The van der Waals surface area contributed by atoms with E-state index in [9.17, 15) is 13.2 Å². The third kappa shape index (κ3) is 5.02. The van der Waals surface area contributed by atoms with E-state index in [2.05, 4.69) is 31.3 Å². The van der Waals surface area contributed by atoms with Gasteiger partial charge >= 0.3 is 0 Å². The zero-order valence-electron chi connectivity index (χ0n) is 13.0. The van der Waals surface area contributed by atoms with Crippen molar-refractivity contribution in [1.82, 2.24) is 5.32 Å². The van der Waals surface area contributed by atoms with Gasteiger partial charge in [0.1, 0.15) is 0 Å². The topological polar surface area (TPSA) is 63.2 Å². The maximum absolute atomic E-state index is 12.0. The van der Waals surface area contributed by atoms with Crippen molar-refractivity contribution in [1.29, 1.82) is 0 Å². The third-order valence-corrected chi connectivity index (χ3v) is 7.21. The van der Waals surface area contributed by atoms with Crippen LogP contribution in [0.5, 0.6) is 0 Å². The molecule has 1 aliphatic rings. The second-order valence-corrected chi connectivity index (χ2v) is 9.88. The van der Waals surface area contributed by atoms with Crippen molar-refractivity contribution >= 4 is 27.5 Å². The molecule has 6 heteroatoms. The van der Waals surface area contributed by atoms with E-state index in [0.717, 1.165) is 0 Å². The average molecular weight is 341 g/mol. The Balaban J connectivity index is 1.76. The van der Waals surface area contributed by atoms with Gasteiger partial charge in [-0.25, -0.2) is 8.42 Å². The Hall–Kier alpha value is -1.01. The number of carbonyl (C=O) groups excluding carboxylic acids is 1. The van der Waals surface area contributed by atoms with E-state index in [4.69, 9.17) is 0 Å². The minimum atomic E-state index is -2.87. The standard InChI is InChI=1S/C16H23NO3S2/c1-16(2,13-6-4-3-5-7-13)12-17-15(18)10-21-14-8-9-22(19,20)11-14/h3-7,14H,8-12H2,1-2H3,(H,17,18)/t14-/m0/s1. The molecular formula is C16H23NO3S2. The molecule has 4 nitrogen and oxygen atoms in total. The van der Waals surface area contributed by atoms with E-state index in [0.29, 0.717) is 18.7 Å². The van der Waals surface area contributed by atoms with Gasteiger partial charge in [0, 0.05) is 17.2 Å². The number of carbonyl (C=O) groups is 1. The lowest BCUT2D eigenvalue weighted by atomic mass is 9.85. The second-order valence-electron chi connectivity index (χ2n) is 6.36. The summed E-state index contributed by atoms with van der Waals surface area (Å²) < 4.78 is 22.8.